The fourth-order valence-corrected chi connectivity index (χ4v) is 1.90. The predicted octanol–water partition coefficient (Wildman–Crippen LogP) is 2.51. The maximum atomic E-state index is 11.0. The Bertz CT molecular complexity index is 368. The molecule has 0 aliphatic rings. The smallest absolute Gasteiger partial charge is 0.311 e. The highest BCUT2D eigenvalue weighted by Crippen LogP contribution is 2.29. The van der Waals surface area contributed by atoms with Crippen molar-refractivity contribution >= 4 is 29.2 Å². The largest absolute Gasteiger partial charge is 0.481 e. The first-order chi connectivity index (χ1) is 7.06. The molecule has 1 aromatic rings. The first-order valence-electron chi connectivity index (χ1n) is 4.44. The van der Waals surface area contributed by atoms with Crippen LogP contribution in [0.15, 0.2) is 18.2 Å². The van der Waals surface area contributed by atoms with Crippen molar-refractivity contribution < 1.29 is 9.90 Å². The van der Waals surface area contributed by atoms with E-state index in [1.54, 1.807) is 12.1 Å². The summed E-state index contributed by atoms with van der Waals surface area (Å²) in [7, 11) is 0. The second-order valence-electron chi connectivity index (χ2n) is 3.13. The summed E-state index contributed by atoms with van der Waals surface area (Å²) in [4.78, 5) is 11.0. The SMILES string of the molecule is NCCC(C(=O)O)c1ccc(Cl)cc1Cl. The van der Waals surface area contributed by atoms with Crippen LogP contribution in [0.1, 0.15) is 17.9 Å². The van der Waals surface area contributed by atoms with E-state index in [0.717, 1.165) is 0 Å². The standard InChI is InChI=1S/C10H11Cl2NO2/c11-6-1-2-7(9(12)5-6)8(3-4-13)10(14)15/h1-2,5,8H,3-4,13H2,(H,14,15). The molecular weight excluding hydrogens is 237 g/mol. The van der Waals surface area contributed by atoms with Crippen molar-refractivity contribution in [2.24, 2.45) is 5.73 Å². The van der Waals surface area contributed by atoms with Gasteiger partial charge in [0, 0.05) is 10.0 Å². The van der Waals surface area contributed by atoms with Crippen molar-refractivity contribution in [1.82, 2.24) is 0 Å². The number of hydrogen-bond acceptors (Lipinski definition) is 2. The van der Waals surface area contributed by atoms with Gasteiger partial charge in [-0.05, 0) is 30.7 Å². The summed E-state index contributed by atoms with van der Waals surface area (Å²) in [5, 5.41) is 9.86. The number of carboxylic acids is 1. The molecule has 0 saturated carbocycles. The lowest BCUT2D eigenvalue weighted by atomic mass is 9.96. The van der Waals surface area contributed by atoms with Crippen molar-refractivity contribution in [3.05, 3.63) is 33.8 Å². The number of nitrogens with two attached hydrogens (primary N) is 1. The second kappa shape index (κ2) is 5.35. The van der Waals surface area contributed by atoms with Crippen LogP contribution in [0.3, 0.4) is 0 Å². The molecule has 82 valence electrons. The highest BCUT2D eigenvalue weighted by molar-refractivity contribution is 6.35. The number of carbonyl (C=O) groups is 1. The molecule has 0 aromatic heterocycles. The molecular formula is C10H11Cl2NO2. The number of carboxylic acid groups (broad SMARTS) is 1. The molecule has 3 N–H and O–H groups in total. The zero-order chi connectivity index (χ0) is 11.4. The van der Waals surface area contributed by atoms with Gasteiger partial charge in [-0.1, -0.05) is 29.3 Å². The number of aliphatic carboxylic acids is 1. The van der Waals surface area contributed by atoms with E-state index in [0.29, 0.717) is 28.6 Å². The Labute approximate surface area is 97.8 Å². The normalized spacial score (nSPS) is 12.5. The van der Waals surface area contributed by atoms with Gasteiger partial charge in [0.25, 0.3) is 0 Å². The summed E-state index contributed by atoms with van der Waals surface area (Å²) in [6.07, 6.45) is 0.358. The van der Waals surface area contributed by atoms with Gasteiger partial charge >= 0.3 is 5.97 Å². The summed E-state index contributed by atoms with van der Waals surface area (Å²) >= 11 is 11.6. The quantitative estimate of drug-likeness (QED) is 0.860. The van der Waals surface area contributed by atoms with Crippen molar-refractivity contribution in [2.45, 2.75) is 12.3 Å². The Morgan fingerprint density at radius 3 is 2.60 bits per heavy atom. The molecule has 0 amide bonds. The summed E-state index contributed by atoms with van der Waals surface area (Å²) < 4.78 is 0. The van der Waals surface area contributed by atoms with Gasteiger partial charge in [-0.15, -0.1) is 0 Å². The van der Waals surface area contributed by atoms with Crippen LogP contribution < -0.4 is 5.73 Å². The fourth-order valence-electron chi connectivity index (χ4n) is 1.36. The van der Waals surface area contributed by atoms with E-state index in [2.05, 4.69) is 0 Å². The Kier molecular flexibility index (Phi) is 4.39. The van der Waals surface area contributed by atoms with Crippen molar-refractivity contribution in [1.29, 1.82) is 0 Å². The van der Waals surface area contributed by atoms with Gasteiger partial charge in [0.15, 0.2) is 0 Å². The van der Waals surface area contributed by atoms with E-state index < -0.39 is 11.9 Å². The van der Waals surface area contributed by atoms with Crippen LogP contribution in [0.5, 0.6) is 0 Å². The summed E-state index contributed by atoms with van der Waals surface area (Å²) in [6, 6.07) is 4.78. The van der Waals surface area contributed by atoms with E-state index >= 15 is 0 Å². The Hall–Kier alpha value is -0.770. The first kappa shape index (κ1) is 12.3. The Morgan fingerprint density at radius 1 is 1.47 bits per heavy atom. The number of rotatable bonds is 4. The van der Waals surface area contributed by atoms with Crippen LogP contribution in [-0.4, -0.2) is 17.6 Å². The van der Waals surface area contributed by atoms with Crippen LogP contribution in [-0.2, 0) is 4.79 Å². The van der Waals surface area contributed by atoms with E-state index in [-0.39, 0.29) is 0 Å². The molecule has 0 bridgehead atoms. The van der Waals surface area contributed by atoms with Gasteiger partial charge in [-0.3, -0.25) is 4.79 Å². The van der Waals surface area contributed by atoms with Crippen molar-refractivity contribution in [3.8, 4) is 0 Å². The average molecular weight is 248 g/mol. The molecule has 0 aliphatic carbocycles. The van der Waals surface area contributed by atoms with Crippen molar-refractivity contribution in [2.75, 3.05) is 6.54 Å². The average Bonchev–Trinajstić information content (AvgIpc) is 2.15. The maximum Gasteiger partial charge on any atom is 0.311 e. The molecule has 0 aliphatic heterocycles. The van der Waals surface area contributed by atoms with E-state index in [4.69, 9.17) is 34.0 Å². The van der Waals surface area contributed by atoms with Gasteiger partial charge in [-0.25, -0.2) is 0 Å². The zero-order valence-electron chi connectivity index (χ0n) is 7.91. The number of hydrogen-bond donors (Lipinski definition) is 2. The first-order valence-corrected chi connectivity index (χ1v) is 5.19. The molecule has 1 unspecified atom stereocenters. The molecule has 1 aromatic carbocycles. The third kappa shape index (κ3) is 3.09. The lowest BCUT2D eigenvalue weighted by molar-refractivity contribution is -0.138. The van der Waals surface area contributed by atoms with Gasteiger partial charge in [-0.2, -0.15) is 0 Å². The number of halogens is 2. The maximum absolute atomic E-state index is 11.0. The van der Waals surface area contributed by atoms with Crippen LogP contribution in [0.4, 0.5) is 0 Å². The topological polar surface area (TPSA) is 63.3 Å². The molecule has 0 heterocycles. The highest BCUT2D eigenvalue weighted by atomic mass is 35.5. The van der Waals surface area contributed by atoms with Gasteiger partial charge in [0.1, 0.15) is 0 Å². The van der Waals surface area contributed by atoms with Crippen LogP contribution in [0.2, 0.25) is 10.0 Å². The van der Waals surface area contributed by atoms with Gasteiger partial charge in [0.05, 0.1) is 5.92 Å². The molecule has 0 fully saturated rings. The highest BCUT2D eigenvalue weighted by Gasteiger charge is 2.21. The molecule has 15 heavy (non-hydrogen) atoms. The Morgan fingerprint density at radius 2 is 2.13 bits per heavy atom. The third-order valence-corrected chi connectivity index (χ3v) is 2.65. The van der Waals surface area contributed by atoms with E-state index in [1.165, 1.54) is 6.07 Å². The number of benzene rings is 1. The molecule has 3 nitrogen and oxygen atoms in total. The van der Waals surface area contributed by atoms with Crippen LogP contribution >= 0.6 is 23.2 Å². The lowest BCUT2D eigenvalue weighted by Crippen LogP contribution is -2.16. The lowest BCUT2D eigenvalue weighted by Gasteiger charge is -2.13. The molecule has 1 atom stereocenters. The monoisotopic (exact) mass is 247 g/mol. The van der Waals surface area contributed by atoms with Crippen LogP contribution in [0.25, 0.3) is 0 Å². The minimum absolute atomic E-state index is 0.302. The molecule has 0 spiro atoms. The summed E-state index contributed by atoms with van der Waals surface area (Å²) in [5.74, 6) is -1.59. The zero-order valence-corrected chi connectivity index (χ0v) is 9.42. The fraction of sp³-hybridized carbons (Fsp3) is 0.300. The molecule has 0 saturated heterocycles. The van der Waals surface area contributed by atoms with Gasteiger partial charge in [0.2, 0.25) is 0 Å². The van der Waals surface area contributed by atoms with E-state index in [9.17, 15) is 4.79 Å². The van der Waals surface area contributed by atoms with Crippen LogP contribution in [0, 0.1) is 0 Å². The molecule has 0 radical (unpaired) electrons. The third-order valence-electron chi connectivity index (χ3n) is 2.09. The minimum atomic E-state index is -0.926. The molecule has 1 rings (SSSR count). The minimum Gasteiger partial charge on any atom is -0.481 e. The van der Waals surface area contributed by atoms with E-state index in [1.807, 2.05) is 0 Å². The predicted molar refractivity (Wildman–Crippen MR) is 60.5 cm³/mol. The Balaban J connectivity index is 3.05. The van der Waals surface area contributed by atoms with Gasteiger partial charge < -0.3 is 10.8 Å². The summed E-state index contributed by atoms with van der Waals surface area (Å²) in [6.45, 7) is 0.302. The second-order valence-corrected chi connectivity index (χ2v) is 3.98. The summed E-state index contributed by atoms with van der Waals surface area (Å²) in [5.41, 5.74) is 5.91. The van der Waals surface area contributed by atoms with Crippen molar-refractivity contribution in [3.63, 3.8) is 0 Å². The molecule has 5 heteroatoms.